The van der Waals surface area contributed by atoms with Crippen LogP contribution in [-0.4, -0.2) is 54.8 Å². The molecule has 2 aliphatic rings. The molecule has 1 unspecified atom stereocenters. The molecular weight excluding hydrogens is 232 g/mol. The van der Waals surface area contributed by atoms with Crippen LogP contribution in [0.15, 0.2) is 0 Å². The fourth-order valence-corrected chi connectivity index (χ4v) is 4.98. The second-order valence-electron chi connectivity index (χ2n) is 5.88. The highest BCUT2D eigenvalue weighted by molar-refractivity contribution is 7.99. The molecule has 2 heterocycles. The Bertz CT molecular complexity index is 252. The molecule has 2 aliphatic heterocycles. The minimum absolute atomic E-state index is 0.170. The summed E-state index contributed by atoms with van der Waals surface area (Å²) in [6.07, 6.45) is 2.41. The van der Waals surface area contributed by atoms with E-state index in [9.17, 15) is 0 Å². The van der Waals surface area contributed by atoms with Crippen LogP contribution >= 0.6 is 11.8 Å². The maximum Gasteiger partial charge on any atom is 0.0593 e. The molecule has 0 saturated carbocycles. The molecule has 100 valence electrons. The topological polar surface area (TPSA) is 38.5 Å². The second-order valence-corrected chi connectivity index (χ2v) is 6.98. The van der Waals surface area contributed by atoms with Gasteiger partial charge >= 0.3 is 0 Å². The first-order valence-corrected chi connectivity index (χ1v) is 7.88. The maximum atomic E-state index is 6.20. The molecule has 17 heavy (non-hydrogen) atoms. The van der Waals surface area contributed by atoms with Crippen LogP contribution in [0.1, 0.15) is 26.7 Å². The van der Waals surface area contributed by atoms with Crippen molar-refractivity contribution >= 4 is 11.8 Å². The summed E-state index contributed by atoms with van der Waals surface area (Å²) in [5.74, 6) is 2.45. The van der Waals surface area contributed by atoms with Gasteiger partial charge in [0, 0.05) is 37.5 Å². The van der Waals surface area contributed by atoms with Crippen LogP contribution in [0.25, 0.3) is 0 Å². The molecule has 2 rings (SSSR count). The van der Waals surface area contributed by atoms with Gasteiger partial charge < -0.3 is 10.5 Å². The Morgan fingerprint density at radius 3 is 2.82 bits per heavy atom. The fraction of sp³-hybridized carbons (Fsp3) is 1.00. The fourth-order valence-electron chi connectivity index (χ4n) is 3.15. The lowest BCUT2D eigenvalue weighted by Crippen LogP contribution is -2.66. The Kier molecular flexibility index (Phi) is 4.40. The first-order chi connectivity index (χ1) is 8.12. The lowest BCUT2D eigenvalue weighted by Gasteiger charge is -2.55. The monoisotopic (exact) mass is 258 g/mol. The van der Waals surface area contributed by atoms with E-state index in [1.54, 1.807) is 0 Å². The van der Waals surface area contributed by atoms with Crippen molar-refractivity contribution in [3.8, 4) is 0 Å². The van der Waals surface area contributed by atoms with Crippen LogP contribution in [0.2, 0.25) is 0 Å². The molecular formula is C13H26N2OS. The van der Waals surface area contributed by atoms with Crippen molar-refractivity contribution in [1.29, 1.82) is 0 Å². The first kappa shape index (κ1) is 13.7. The Hall–Kier alpha value is 0.230. The van der Waals surface area contributed by atoms with Crippen LogP contribution in [0.5, 0.6) is 0 Å². The van der Waals surface area contributed by atoms with Gasteiger partial charge in [0.2, 0.25) is 0 Å². The zero-order valence-corrected chi connectivity index (χ0v) is 12.0. The van der Waals surface area contributed by atoms with Gasteiger partial charge in [-0.3, -0.25) is 4.90 Å². The SMILES string of the molecule is CC1(C)CCSCC1(CN)N1CCCOCC1. The highest BCUT2D eigenvalue weighted by Crippen LogP contribution is 2.45. The van der Waals surface area contributed by atoms with E-state index in [4.69, 9.17) is 10.5 Å². The summed E-state index contributed by atoms with van der Waals surface area (Å²) < 4.78 is 5.58. The van der Waals surface area contributed by atoms with Gasteiger partial charge in [0.15, 0.2) is 0 Å². The average Bonchev–Trinajstić information content (AvgIpc) is 2.58. The van der Waals surface area contributed by atoms with Crippen LogP contribution in [-0.2, 0) is 4.74 Å². The van der Waals surface area contributed by atoms with Gasteiger partial charge in [-0.05, 0) is 24.0 Å². The van der Waals surface area contributed by atoms with Gasteiger partial charge in [0.1, 0.15) is 0 Å². The standard InChI is InChI=1S/C13H26N2OS/c1-12(2)4-9-17-11-13(12,10-14)15-5-3-7-16-8-6-15/h3-11,14H2,1-2H3. The molecule has 0 amide bonds. The number of thioether (sulfide) groups is 1. The molecule has 0 spiro atoms. The quantitative estimate of drug-likeness (QED) is 0.816. The van der Waals surface area contributed by atoms with Crippen molar-refractivity contribution < 1.29 is 4.74 Å². The van der Waals surface area contributed by atoms with Crippen molar-refractivity contribution in [3.63, 3.8) is 0 Å². The largest absolute Gasteiger partial charge is 0.380 e. The number of nitrogens with zero attached hydrogens (tertiary/aromatic N) is 1. The summed E-state index contributed by atoms with van der Waals surface area (Å²) in [5, 5.41) is 0. The normalized spacial score (nSPS) is 35.5. The summed E-state index contributed by atoms with van der Waals surface area (Å²) in [5.41, 5.74) is 6.69. The summed E-state index contributed by atoms with van der Waals surface area (Å²) >= 11 is 2.07. The van der Waals surface area contributed by atoms with E-state index in [0.717, 1.165) is 39.3 Å². The van der Waals surface area contributed by atoms with E-state index < -0.39 is 0 Å². The number of ether oxygens (including phenoxy) is 1. The van der Waals surface area contributed by atoms with Gasteiger partial charge in [-0.25, -0.2) is 0 Å². The van der Waals surface area contributed by atoms with Crippen molar-refractivity contribution in [1.82, 2.24) is 4.90 Å². The molecule has 1 atom stereocenters. The summed E-state index contributed by atoms with van der Waals surface area (Å²) in [6.45, 7) is 9.51. The van der Waals surface area contributed by atoms with E-state index in [1.807, 2.05) is 0 Å². The molecule has 0 aromatic heterocycles. The van der Waals surface area contributed by atoms with E-state index >= 15 is 0 Å². The number of rotatable bonds is 2. The van der Waals surface area contributed by atoms with E-state index in [1.165, 1.54) is 17.9 Å². The van der Waals surface area contributed by atoms with E-state index in [2.05, 4.69) is 30.5 Å². The Morgan fingerprint density at radius 2 is 2.12 bits per heavy atom. The van der Waals surface area contributed by atoms with Gasteiger partial charge in [0.25, 0.3) is 0 Å². The molecule has 0 bridgehead atoms. The minimum Gasteiger partial charge on any atom is -0.380 e. The second kappa shape index (κ2) is 5.47. The van der Waals surface area contributed by atoms with Crippen molar-refractivity contribution in [2.45, 2.75) is 32.2 Å². The Balaban J connectivity index is 2.21. The molecule has 2 saturated heterocycles. The first-order valence-electron chi connectivity index (χ1n) is 6.73. The third-order valence-corrected chi connectivity index (χ3v) is 5.81. The van der Waals surface area contributed by atoms with E-state index in [0.29, 0.717) is 5.41 Å². The molecule has 3 nitrogen and oxygen atoms in total. The third kappa shape index (κ3) is 2.50. The number of hydrogen-bond acceptors (Lipinski definition) is 4. The van der Waals surface area contributed by atoms with Gasteiger partial charge in [-0.1, -0.05) is 13.8 Å². The number of hydrogen-bond donors (Lipinski definition) is 1. The lowest BCUT2D eigenvalue weighted by atomic mass is 9.69. The summed E-state index contributed by atoms with van der Waals surface area (Å²) in [4.78, 5) is 2.62. The van der Waals surface area contributed by atoms with Crippen molar-refractivity contribution in [3.05, 3.63) is 0 Å². The zero-order valence-electron chi connectivity index (χ0n) is 11.2. The molecule has 0 aromatic rings. The zero-order chi connectivity index (χ0) is 12.4. The third-order valence-electron chi connectivity index (χ3n) is 4.64. The van der Waals surface area contributed by atoms with Crippen LogP contribution in [0, 0.1) is 5.41 Å². The molecule has 0 aliphatic carbocycles. The molecule has 0 aromatic carbocycles. The van der Waals surface area contributed by atoms with Crippen LogP contribution in [0.3, 0.4) is 0 Å². The predicted octanol–water partition coefficient (Wildman–Crippen LogP) is 1.57. The lowest BCUT2D eigenvalue weighted by molar-refractivity contribution is 0.000105. The minimum atomic E-state index is 0.170. The Morgan fingerprint density at radius 1 is 1.29 bits per heavy atom. The summed E-state index contributed by atoms with van der Waals surface area (Å²) in [6, 6.07) is 0. The Labute approximate surface area is 109 Å². The van der Waals surface area contributed by atoms with Crippen molar-refractivity contribution in [2.75, 3.05) is 44.4 Å². The van der Waals surface area contributed by atoms with E-state index in [-0.39, 0.29) is 5.54 Å². The summed E-state index contributed by atoms with van der Waals surface area (Å²) in [7, 11) is 0. The molecule has 2 fully saturated rings. The molecule has 4 heteroatoms. The molecule has 2 N–H and O–H groups in total. The van der Waals surface area contributed by atoms with Crippen molar-refractivity contribution in [2.24, 2.45) is 11.1 Å². The average molecular weight is 258 g/mol. The molecule has 0 radical (unpaired) electrons. The van der Waals surface area contributed by atoms with Crippen LogP contribution < -0.4 is 5.73 Å². The maximum absolute atomic E-state index is 6.20. The highest BCUT2D eigenvalue weighted by atomic mass is 32.2. The van der Waals surface area contributed by atoms with Gasteiger partial charge in [-0.15, -0.1) is 0 Å². The van der Waals surface area contributed by atoms with Gasteiger partial charge in [-0.2, -0.15) is 11.8 Å². The smallest absolute Gasteiger partial charge is 0.0593 e. The van der Waals surface area contributed by atoms with Crippen LogP contribution in [0.4, 0.5) is 0 Å². The number of nitrogens with two attached hydrogens (primary N) is 1. The highest BCUT2D eigenvalue weighted by Gasteiger charge is 2.49. The van der Waals surface area contributed by atoms with Gasteiger partial charge in [0.05, 0.1) is 6.61 Å². The predicted molar refractivity (Wildman–Crippen MR) is 74.5 cm³/mol.